The minimum Gasteiger partial charge on any atom is -0.324 e. The normalized spacial score (nSPS) is 23.1. The second-order valence-electron chi connectivity index (χ2n) is 5.38. The zero-order valence-corrected chi connectivity index (χ0v) is 14.2. The van der Waals surface area contributed by atoms with Crippen LogP contribution in [0.3, 0.4) is 0 Å². The summed E-state index contributed by atoms with van der Waals surface area (Å²) in [6.07, 6.45) is 0. The van der Waals surface area contributed by atoms with E-state index in [4.69, 9.17) is 34.8 Å². The molecular formula is C14H18Cl3N3O. The number of halogens is 3. The molecule has 7 heteroatoms. The van der Waals surface area contributed by atoms with E-state index in [2.05, 4.69) is 29.4 Å². The van der Waals surface area contributed by atoms with E-state index in [0.717, 1.165) is 13.1 Å². The number of hydrogen-bond donors (Lipinski definition) is 2. The number of piperazine rings is 1. The lowest BCUT2D eigenvalue weighted by Crippen LogP contribution is -2.55. The van der Waals surface area contributed by atoms with Crippen LogP contribution in [0.2, 0.25) is 15.1 Å². The van der Waals surface area contributed by atoms with Gasteiger partial charge in [0.2, 0.25) is 5.91 Å². The van der Waals surface area contributed by atoms with Gasteiger partial charge in [-0.2, -0.15) is 0 Å². The van der Waals surface area contributed by atoms with Crippen molar-refractivity contribution in [3.8, 4) is 0 Å². The van der Waals surface area contributed by atoms with Crippen LogP contribution in [0.15, 0.2) is 12.1 Å². The Kier molecular flexibility index (Phi) is 5.74. The number of hydrogen-bond acceptors (Lipinski definition) is 3. The molecule has 0 radical (unpaired) electrons. The van der Waals surface area contributed by atoms with E-state index >= 15 is 0 Å². The van der Waals surface area contributed by atoms with E-state index in [9.17, 15) is 4.79 Å². The summed E-state index contributed by atoms with van der Waals surface area (Å²) in [6.45, 7) is 6.24. The average molecular weight is 351 g/mol. The molecule has 1 aliphatic heterocycles. The van der Waals surface area contributed by atoms with Crippen LogP contribution in [-0.2, 0) is 4.79 Å². The Hall–Kier alpha value is -0.520. The molecule has 1 amide bonds. The Bertz CT molecular complexity index is 538. The average Bonchev–Trinajstić information content (AvgIpc) is 2.40. The maximum absolute atomic E-state index is 12.2. The van der Waals surface area contributed by atoms with E-state index in [1.165, 1.54) is 6.07 Å². The Balaban J connectivity index is 2.00. The predicted octanol–water partition coefficient (Wildman–Crippen LogP) is 3.27. The SMILES string of the molecule is CC1CN(CC(=O)Nc2cc(Cl)c(Cl)cc2Cl)C(C)CN1. The van der Waals surface area contributed by atoms with Gasteiger partial charge < -0.3 is 10.6 Å². The fourth-order valence-electron chi connectivity index (χ4n) is 2.31. The van der Waals surface area contributed by atoms with Gasteiger partial charge in [-0.1, -0.05) is 34.8 Å². The van der Waals surface area contributed by atoms with Gasteiger partial charge >= 0.3 is 0 Å². The highest BCUT2D eigenvalue weighted by Gasteiger charge is 2.24. The van der Waals surface area contributed by atoms with E-state index in [1.807, 2.05) is 0 Å². The number of benzene rings is 1. The van der Waals surface area contributed by atoms with Gasteiger partial charge in [-0.15, -0.1) is 0 Å². The summed E-state index contributed by atoms with van der Waals surface area (Å²) in [5.74, 6) is -0.115. The lowest BCUT2D eigenvalue weighted by molar-refractivity contribution is -0.118. The standard InChI is InChI=1S/C14H18Cl3N3O/c1-8-6-20(9(2)5-18-8)7-14(21)19-13-4-11(16)10(15)3-12(13)17/h3-4,8-9,18H,5-7H2,1-2H3,(H,19,21). The molecule has 0 bridgehead atoms. The highest BCUT2D eigenvalue weighted by molar-refractivity contribution is 6.44. The second kappa shape index (κ2) is 7.16. The first-order valence-corrected chi connectivity index (χ1v) is 7.92. The number of rotatable bonds is 3. The molecule has 0 spiro atoms. The summed E-state index contributed by atoms with van der Waals surface area (Å²) in [5.41, 5.74) is 0.479. The van der Waals surface area contributed by atoms with Crippen molar-refractivity contribution < 1.29 is 4.79 Å². The lowest BCUT2D eigenvalue weighted by atomic mass is 10.1. The highest BCUT2D eigenvalue weighted by Crippen LogP contribution is 2.32. The largest absolute Gasteiger partial charge is 0.324 e. The van der Waals surface area contributed by atoms with E-state index < -0.39 is 0 Å². The topological polar surface area (TPSA) is 44.4 Å². The molecule has 0 aromatic heterocycles. The fourth-order valence-corrected chi connectivity index (χ4v) is 2.90. The van der Waals surface area contributed by atoms with Crippen molar-refractivity contribution in [2.45, 2.75) is 25.9 Å². The number of anilines is 1. The van der Waals surface area contributed by atoms with Crippen molar-refractivity contribution in [1.29, 1.82) is 0 Å². The molecular weight excluding hydrogens is 333 g/mol. The third kappa shape index (κ3) is 4.47. The molecule has 116 valence electrons. The number of nitrogens with zero attached hydrogens (tertiary/aromatic N) is 1. The number of carbonyl (C=O) groups is 1. The van der Waals surface area contributed by atoms with E-state index in [0.29, 0.717) is 39.4 Å². The van der Waals surface area contributed by atoms with Crippen molar-refractivity contribution in [1.82, 2.24) is 10.2 Å². The monoisotopic (exact) mass is 349 g/mol. The Morgan fingerprint density at radius 3 is 2.67 bits per heavy atom. The molecule has 1 aromatic rings. The van der Waals surface area contributed by atoms with Crippen LogP contribution in [0, 0.1) is 0 Å². The van der Waals surface area contributed by atoms with Crippen LogP contribution in [0.4, 0.5) is 5.69 Å². The molecule has 0 aliphatic carbocycles. The molecule has 21 heavy (non-hydrogen) atoms. The summed E-state index contributed by atoms with van der Waals surface area (Å²) >= 11 is 17.9. The molecule has 1 aliphatic rings. The van der Waals surface area contributed by atoms with Gasteiger partial charge in [-0.05, 0) is 26.0 Å². The Morgan fingerprint density at radius 2 is 1.95 bits per heavy atom. The quantitative estimate of drug-likeness (QED) is 0.822. The molecule has 1 fully saturated rings. The van der Waals surface area contributed by atoms with Gasteiger partial charge in [0, 0.05) is 25.2 Å². The summed E-state index contributed by atoms with van der Waals surface area (Å²) in [6, 6.07) is 3.78. The van der Waals surface area contributed by atoms with Crippen LogP contribution in [0.25, 0.3) is 0 Å². The van der Waals surface area contributed by atoms with Crippen molar-refractivity contribution in [2.75, 3.05) is 25.0 Å². The second-order valence-corrected chi connectivity index (χ2v) is 6.60. The lowest BCUT2D eigenvalue weighted by Gasteiger charge is -2.36. The maximum atomic E-state index is 12.2. The van der Waals surface area contributed by atoms with Crippen molar-refractivity contribution in [3.05, 3.63) is 27.2 Å². The minimum absolute atomic E-state index is 0.115. The minimum atomic E-state index is -0.115. The maximum Gasteiger partial charge on any atom is 0.238 e. The molecule has 2 N–H and O–H groups in total. The van der Waals surface area contributed by atoms with Crippen molar-refractivity contribution in [2.24, 2.45) is 0 Å². The van der Waals surface area contributed by atoms with E-state index in [1.54, 1.807) is 6.07 Å². The summed E-state index contributed by atoms with van der Waals surface area (Å²) in [4.78, 5) is 14.3. The highest BCUT2D eigenvalue weighted by atomic mass is 35.5. The van der Waals surface area contributed by atoms with Crippen LogP contribution in [0.5, 0.6) is 0 Å². The first-order chi connectivity index (χ1) is 9.86. The molecule has 4 nitrogen and oxygen atoms in total. The summed E-state index contributed by atoms with van der Waals surface area (Å²) < 4.78 is 0. The fraction of sp³-hybridized carbons (Fsp3) is 0.500. The number of carbonyl (C=O) groups excluding carboxylic acids is 1. The van der Waals surface area contributed by atoms with Crippen molar-refractivity contribution in [3.63, 3.8) is 0 Å². The van der Waals surface area contributed by atoms with Crippen molar-refractivity contribution >= 4 is 46.4 Å². The Morgan fingerprint density at radius 1 is 1.29 bits per heavy atom. The Labute approximate surface area is 139 Å². The van der Waals surface area contributed by atoms with Gasteiger partial charge in [0.1, 0.15) is 0 Å². The molecule has 1 heterocycles. The molecule has 2 unspecified atom stereocenters. The van der Waals surface area contributed by atoms with Gasteiger partial charge in [0.05, 0.1) is 27.3 Å². The molecule has 0 saturated carbocycles. The van der Waals surface area contributed by atoms with Crippen LogP contribution >= 0.6 is 34.8 Å². The smallest absolute Gasteiger partial charge is 0.238 e. The zero-order valence-electron chi connectivity index (χ0n) is 11.9. The summed E-state index contributed by atoms with van der Waals surface area (Å²) in [7, 11) is 0. The van der Waals surface area contributed by atoms with Gasteiger partial charge in [0.15, 0.2) is 0 Å². The third-order valence-electron chi connectivity index (χ3n) is 3.52. The van der Waals surface area contributed by atoms with Gasteiger partial charge in [-0.25, -0.2) is 0 Å². The van der Waals surface area contributed by atoms with Crippen LogP contribution < -0.4 is 10.6 Å². The van der Waals surface area contributed by atoms with Crippen LogP contribution in [-0.4, -0.2) is 42.5 Å². The van der Waals surface area contributed by atoms with Gasteiger partial charge in [-0.3, -0.25) is 9.69 Å². The summed E-state index contributed by atoms with van der Waals surface area (Å²) in [5, 5.41) is 7.27. The van der Waals surface area contributed by atoms with Crippen LogP contribution in [0.1, 0.15) is 13.8 Å². The number of nitrogens with one attached hydrogen (secondary N) is 2. The zero-order chi connectivity index (χ0) is 15.6. The first-order valence-electron chi connectivity index (χ1n) is 6.78. The van der Waals surface area contributed by atoms with E-state index in [-0.39, 0.29) is 5.91 Å². The predicted molar refractivity (Wildman–Crippen MR) is 88.6 cm³/mol. The first kappa shape index (κ1) is 16.8. The van der Waals surface area contributed by atoms with Gasteiger partial charge in [0.25, 0.3) is 0 Å². The third-order valence-corrected chi connectivity index (χ3v) is 4.56. The molecule has 1 saturated heterocycles. The molecule has 2 rings (SSSR count). The molecule has 2 atom stereocenters. The number of amides is 1. The molecule has 1 aromatic carbocycles.